The summed E-state index contributed by atoms with van der Waals surface area (Å²) in [6.45, 7) is 0. The number of unbranched alkanes of at least 4 members (excludes halogenated alkanes) is 8. The first-order valence-electron chi connectivity index (χ1n) is 9.13. The fourth-order valence-corrected chi connectivity index (χ4v) is 2.17. The number of hydrogen-bond acceptors (Lipinski definition) is 4. The summed E-state index contributed by atoms with van der Waals surface area (Å²) in [5, 5.41) is 33.2. The molecular weight excluding hydrogens is 344 g/mol. The van der Waals surface area contributed by atoms with Gasteiger partial charge in [0.25, 0.3) is 0 Å². The molecule has 0 fully saturated rings. The van der Waals surface area contributed by atoms with E-state index in [1.54, 1.807) is 0 Å². The summed E-state index contributed by atoms with van der Waals surface area (Å²) in [5.74, 6) is -3.04. The van der Waals surface area contributed by atoms with Crippen LogP contribution >= 0.6 is 0 Å². The molecule has 8 nitrogen and oxygen atoms in total. The number of carboxylic acid groups (broad SMARTS) is 4. The topological polar surface area (TPSA) is 149 Å². The Labute approximate surface area is 154 Å². The van der Waals surface area contributed by atoms with Gasteiger partial charge in [-0.05, 0) is 25.7 Å². The predicted octanol–water partition coefficient (Wildman–Crippen LogP) is 3.77. The zero-order valence-electron chi connectivity index (χ0n) is 15.3. The molecule has 0 atom stereocenters. The summed E-state index contributed by atoms with van der Waals surface area (Å²) in [6, 6.07) is 0. The van der Waals surface area contributed by atoms with Crippen molar-refractivity contribution in [3.63, 3.8) is 0 Å². The Morgan fingerprint density at radius 1 is 0.346 bits per heavy atom. The average Bonchev–Trinajstić information content (AvgIpc) is 2.52. The molecule has 0 aliphatic carbocycles. The Balaban J connectivity index is 0. The zero-order valence-corrected chi connectivity index (χ0v) is 15.3. The van der Waals surface area contributed by atoms with Crippen LogP contribution in [0.5, 0.6) is 0 Å². The minimum atomic E-state index is -0.759. The van der Waals surface area contributed by atoms with Crippen molar-refractivity contribution in [1.29, 1.82) is 0 Å². The van der Waals surface area contributed by atoms with Gasteiger partial charge in [-0.3, -0.25) is 19.2 Å². The van der Waals surface area contributed by atoms with Gasteiger partial charge in [-0.2, -0.15) is 0 Å². The third kappa shape index (κ3) is 29.8. The molecule has 0 saturated heterocycles. The number of carboxylic acids is 4. The van der Waals surface area contributed by atoms with Crippen LogP contribution in [-0.2, 0) is 19.2 Å². The summed E-state index contributed by atoms with van der Waals surface area (Å²) in [6.07, 6.45) is 9.06. The van der Waals surface area contributed by atoms with Crippen LogP contribution < -0.4 is 0 Å². The Bertz CT molecular complexity index is 332. The minimum absolute atomic E-state index is 0.221. The third-order valence-corrected chi connectivity index (χ3v) is 3.56. The van der Waals surface area contributed by atoms with E-state index in [2.05, 4.69) is 0 Å². The largest absolute Gasteiger partial charge is 0.481 e. The van der Waals surface area contributed by atoms with Crippen molar-refractivity contribution in [1.82, 2.24) is 0 Å². The number of carbonyl (C=O) groups is 4. The average molecular weight is 376 g/mol. The van der Waals surface area contributed by atoms with Gasteiger partial charge in [0, 0.05) is 25.7 Å². The molecule has 0 radical (unpaired) electrons. The van der Waals surface area contributed by atoms with E-state index in [4.69, 9.17) is 20.4 Å². The second kappa shape index (κ2) is 19.2. The van der Waals surface area contributed by atoms with Crippen molar-refractivity contribution in [2.45, 2.75) is 89.9 Å². The summed E-state index contributed by atoms with van der Waals surface area (Å²) in [5.41, 5.74) is 0. The van der Waals surface area contributed by atoms with Crippen LogP contribution in [0.4, 0.5) is 0 Å². The second-order valence-corrected chi connectivity index (χ2v) is 6.11. The number of aliphatic carboxylic acids is 4. The van der Waals surface area contributed by atoms with Crippen molar-refractivity contribution >= 4 is 23.9 Å². The van der Waals surface area contributed by atoms with Gasteiger partial charge in [-0.1, -0.05) is 38.5 Å². The number of rotatable bonds is 16. The van der Waals surface area contributed by atoms with Crippen LogP contribution in [0, 0.1) is 0 Å². The molecule has 152 valence electrons. The normalized spacial score (nSPS) is 9.85. The molecule has 0 heterocycles. The van der Waals surface area contributed by atoms with Gasteiger partial charge >= 0.3 is 23.9 Å². The molecular formula is C18H32O8. The van der Waals surface area contributed by atoms with Gasteiger partial charge in [0.1, 0.15) is 0 Å². The lowest BCUT2D eigenvalue weighted by molar-refractivity contribution is -0.138. The van der Waals surface area contributed by atoms with E-state index >= 15 is 0 Å². The van der Waals surface area contributed by atoms with Crippen LogP contribution in [0.3, 0.4) is 0 Å². The maximum absolute atomic E-state index is 10.1. The molecule has 0 amide bonds. The lowest BCUT2D eigenvalue weighted by Crippen LogP contribution is -1.95. The summed E-state index contributed by atoms with van der Waals surface area (Å²) in [7, 11) is 0. The quantitative estimate of drug-likeness (QED) is 0.297. The molecule has 8 heteroatoms. The van der Waals surface area contributed by atoms with Crippen molar-refractivity contribution in [3.8, 4) is 0 Å². The highest BCUT2D eigenvalue weighted by Gasteiger charge is 1.99. The molecule has 26 heavy (non-hydrogen) atoms. The van der Waals surface area contributed by atoms with Crippen molar-refractivity contribution in [2.24, 2.45) is 0 Å². The molecule has 0 rings (SSSR count). The van der Waals surface area contributed by atoms with Crippen molar-refractivity contribution < 1.29 is 39.6 Å². The van der Waals surface area contributed by atoms with Gasteiger partial charge in [0.15, 0.2) is 0 Å². The summed E-state index contributed by atoms with van der Waals surface area (Å²) >= 11 is 0. The lowest BCUT2D eigenvalue weighted by atomic mass is 10.1. The first-order chi connectivity index (χ1) is 12.3. The maximum Gasteiger partial charge on any atom is 0.303 e. The van der Waals surface area contributed by atoms with Gasteiger partial charge < -0.3 is 20.4 Å². The van der Waals surface area contributed by atoms with E-state index in [0.29, 0.717) is 25.7 Å². The first kappa shape index (κ1) is 26.1. The van der Waals surface area contributed by atoms with Crippen molar-refractivity contribution in [3.05, 3.63) is 0 Å². The van der Waals surface area contributed by atoms with E-state index in [9.17, 15) is 19.2 Å². The fraction of sp³-hybridized carbons (Fsp3) is 0.778. The molecule has 0 unspecified atom stereocenters. The van der Waals surface area contributed by atoms with E-state index in [1.807, 2.05) is 0 Å². The van der Waals surface area contributed by atoms with E-state index in [0.717, 1.165) is 38.5 Å². The third-order valence-electron chi connectivity index (χ3n) is 3.56. The standard InChI is InChI=1S/2C9H16O4/c2*10-8(11)6-4-2-1-3-5-7-9(12)13/h2*1-7H2,(H,10,11)(H,12,13). The highest BCUT2D eigenvalue weighted by molar-refractivity contribution is 5.67. The Morgan fingerprint density at radius 2 is 0.500 bits per heavy atom. The second-order valence-electron chi connectivity index (χ2n) is 6.11. The maximum atomic E-state index is 10.1. The van der Waals surface area contributed by atoms with Crippen LogP contribution in [0.2, 0.25) is 0 Å². The molecule has 0 spiro atoms. The van der Waals surface area contributed by atoms with Crippen molar-refractivity contribution in [2.75, 3.05) is 0 Å². The molecule has 0 bridgehead atoms. The monoisotopic (exact) mass is 376 g/mol. The number of hydrogen-bond donors (Lipinski definition) is 4. The van der Waals surface area contributed by atoms with Crippen LogP contribution in [0.25, 0.3) is 0 Å². The van der Waals surface area contributed by atoms with E-state index < -0.39 is 23.9 Å². The highest BCUT2D eigenvalue weighted by atomic mass is 16.4. The van der Waals surface area contributed by atoms with E-state index in [1.165, 1.54) is 0 Å². The van der Waals surface area contributed by atoms with Gasteiger partial charge in [0.05, 0.1) is 0 Å². The molecule has 0 aliphatic heterocycles. The highest BCUT2D eigenvalue weighted by Crippen LogP contribution is 2.07. The Morgan fingerprint density at radius 3 is 0.654 bits per heavy atom. The van der Waals surface area contributed by atoms with Crippen LogP contribution in [-0.4, -0.2) is 44.3 Å². The smallest absolute Gasteiger partial charge is 0.303 e. The van der Waals surface area contributed by atoms with Crippen LogP contribution in [0.1, 0.15) is 89.9 Å². The molecule has 0 saturated carbocycles. The van der Waals surface area contributed by atoms with Gasteiger partial charge in [0.2, 0.25) is 0 Å². The zero-order chi connectivity index (χ0) is 20.2. The minimum Gasteiger partial charge on any atom is -0.481 e. The first-order valence-corrected chi connectivity index (χ1v) is 9.13. The molecule has 0 aromatic carbocycles. The van der Waals surface area contributed by atoms with E-state index in [-0.39, 0.29) is 25.7 Å². The summed E-state index contributed by atoms with van der Waals surface area (Å²) < 4.78 is 0. The Hall–Kier alpha value is -2.12. The molecule has 4 N–H and O–H groups in total. The summed E-state index contributed by atoms with van der Waals surface area (Å²) in [4.78, 5) is 40.4. The Kier molecular flexibility index (Phi) is 19.3. The molecule has 0 aromatic rings. The predicted molar refractivity (Wildman–Crippen MR) is 95.2 cm³/mol. The fourth-order valence-electron chi connectivity index (χ4n) is 2.17. The SMILES string of the molecule is O=C(O)CCCCCCCC(=O)O.O=C(O)CCCCCCCC(=O)O. The molecule has 0 aromatic heterocycles. The van der Waals surface area contributed by atoms with Gasteiger partial charge in [-0.15, -0.1) is 0 Å². The van der Waals surface area contributed by atoms with Gasteiger partial charge in [-0.25, -0.2) is 0 Å². The lowest BCUT2D eigenvalue weighted by Gasteiger charge is -1.97. The van der Waals surface area contributed by atoms with Crippen LogP contribution in [0.15, 0.2) is 0 Å². The molecule has 0 aliphatic rings.